The topological polar surface area (TPSA) is 26.3 Å². The summed E-state index contributed by atoms with van der Waals surface area (Å²) in [6, 6.07) is 3.01. The molecule has 0 heterocycles. The van der Waals surface area contributed by atoms with Crippen molar-refractivity contribution in [3.8, 4) is 0 Å². The summed E-state index contributed by atoms with van der Waals surface area (Å²) in [6.07, 6.45) is 0. The van der Waals surface area contributed by atoms with E-state index in [4.69, 9.17) is 0 Å². The van der Waals surface area contributed by atoms with Crippen LogP contribution in [0.5, 0.6) is 0 Å². The number of carbonyl (C=O) groups is 1. The van der Waals surface area contributed by atoms with Crippen molar-refractivity contribution in [3.63, 3.8) is 0 Å². The van der Waals surface area contributed by atoms with Crippen molar-refractivity contribution in [2.45, 2.75) is 13.8 Å². The van der Waals surface area contributed by atoms with Gasteiger partial charge in [0.15, 0.2) is 0 Å². The SMILES string of the molecule is Cc1cc(C(=O)[O][BiH])cc(C)c1F. The number of benzene rings is 1. The third kappa shape index (κ3) is 2.25. The Hall–Kier alpha value is -0.497. The molecule has 0 fully saturated rings. The van der Waals surface area contributed by atoms with E-state index in [1.807, 2.05) is 0 Å². The van der Waals surface area contributed by atoms with E-state index in [0.29, 0.717) is 41.8 Å². The molecule has 0 N–H and O–H groups in total. The second-order valence-corrected chi connectivity index (χ2v) is 3.61. The molecular weight excluding hydrogens is 368 g/mol. The Morgan fingerprint density at radius 2 is 1.85 bits per heavy atom. The third-order valence-electron chi connectivity index (χ3n) is 1.76. The first-order chi connectivity index (χ1) is 6.06. The van der Waals surface area contributed by atoms with Gasteiger partial charge >= 0.3 is 91.6 Å². The fraction of sp³-hybridized carbons (Fsp3) is 0.222. The summed E-state index contributed by atoms with van der Waals surface area (Å²) in [5.74, 6) is -0.636. The zero-order valence-corrected chi connectivity index (χ0v) is 11.2. The molecule has 4 heteroatoms. The molecule has 2 nitrogen and oxygen atoms in total. The number of hydrogen-bond donors (Lipinski definition) is 0. The van der Waals surface area contributed by atoms with Crippen molar-refractivity contribution in [2.24, 2.45) is 0 Å². The molecule has 0 atom stereocenters. The molecule has 0 unspecified atom stereocenters. The summed E-state index contributed by atoms with van der Waals surface area (Å²) in [5.41, 5.74) is 1.37. The molecule has 1 aromatic carbocycles. The molecule has 0 aliphatic rings. The second kappa shape index (κ2) is 4.14. The van der Waals surface area contributed by atoms with Crippen molar-refractivity contribution < 1.29 is 12.0 Å². The van der Waals surface area contributed by atoms with Gasteiger partial charge in [0.2, 0.25) is 0 Å². The number of halogens is 1. The zero-order valence-electron chi connectivity index (χ0n) is 7.35. The van der Waals surface area contributed by atoms with Crippen LogP contribution in [0.3, 0.4) is 0 Å². The van der Waals surface area contributed by atoms with E-state index < -0.39 is 0 Å². The molecule has 69 valence electrons. The van der Waals surface area contributed by atoms with Crippen LogP contribution >= 0.6 is 0 Å². The van der Waals surface area contributed by atoms with Crippen molar-refractivity contribution in [3.05, 3.63) is 34.6 Å². The van der Waals surface area contributed by atoms with E-state index in [9.17, 15) is 9.18 Å². The fourth-order valence-corrected chi connectivity index (χ4v) is 1.58. The van der Waals surface area contributed by atoms with Gasteiger partial charge in [0.1, 0.15) is 0 Å². The Labute approximate surface area is 91.6 Å². The number of rotatable bonds is 1. The standard InChI is InChI=1S/C9H9FO2.Bi.H/c1-5-3-7(9(11)12)4-6(2)8(5)10;;/h3-4H,1-2H3,(H,11,12);;/q;+1;/p-1. The molecule has 1 radical (unpaired) electrons. The van der Waals surface area contributed by atoms with Gasteiger partial charge in [0.05, 0.1) is 0 Å². The van der Waals surface area contributed by atoms with Crippen molar-refractivity contribution >= 4 is 31.1 Å². The summed E-state index contributed by atoms with van der Waals surface area (Å²) in [6.45, 7) is 3.26. The monoisotopic (exact) mass is 377 g/mol. The van der Waals surface area contributed by atoms with E-state index in [1.165, 1.54) is 12.1 Å². The quantitative estimate of drug-likeness (QED) is 0.693. The first kappa shape index (κ1) is 10.6. The summed E-state index contributed by atoms with van der Waals surface area (Å²) < 4.78 is 17.8. The maximum atomic E-state index is 13.1. The number of hydrogen-bond acceptors (Lipinski definition) is 2. The fourth-order valence-electron chi connectivity index (χ4n) is 1.12. The van der Waals surface area contributed by atoms with Crippen LogP contribution in [0, 0.1) is 19.7 Å². The molecule has 1 aromatic rings. The van der Waals surface area contributed by atoms with Crippen LogP contribution in [0.4, 0.5) is 4.39 Å². The minimum absolute atomic E-state index is 0.259. The van der Waals surface area contributed by atoms with Crippen LogP contribution in [-0.2, 0) is 2.81 Å². The number of aryl methyl sites for hydroxylation is 2. The molecular formula is C9H9BiFO2. The molecule has 0 bridgehead atoms. The van der Waals surface area contributed by atoms with Gasteiger partial charge in [-0.3, -0.25) is 0 Å². The summed E-state index contributed by atoms with van der Waals surface area (Å²) >= 11 is 0.358. The Morgan fingerprint density at radius 3 is 2.23 bits per heavy atom. The average molecular weight is 377 g/mol. The molecule has 0 saturated carbocycles. The third-order valence-corrected chi connectivity index (χ3v) is 2.49. The molecule has 1 rings (SSSR count). The summed E-state index contributed by atoms with van der Waals surface area (Å²) in [5, 5.41) is 0. The van der Waals surface area contributed by atoms with Crippen LogP contribution in [-0.4, -0.2) is 31.1 Å². The Kier molecular flexibility index (Phi) is 3.37. The van der Waals surface area contributed by atoms with Gasteiger partial charge in [0.25, 0.3) is 0 Å². The average Bonchev–Trinajstić information content (AvgIpc) is 2.12. The first-order valence-corrected chi connectivity index (χ1v) is 5.29. The van der Waals surface area contributed by atoms with Crippen LogP contribution < -0.4 is 0 Å². The van der Waals surface area contributed by atoms with E-state index in [1.54, 1.807) is 13.8 Å². The minimum atomic E-state index is -0.377. The van der Waals surface area contributed by atoms with E-state index in [0.717, 1.165) is 0 Å². The molecule has 0 saturated heterocycles. The second-order valence-electron chi connectivity index (χ2n) is 2.81. The Balaban J connectivity index is 3.20. The molecule has 0 aromatic heterocycles. The van der Waals surface area contributed by atoms with Gasteiger partial charge < -0.3 is 0 Å². The van der Waals surface area contributed by atoms with Crippen LogP contribution in [0.2, 0.25) is 0 Å². The maximum absolute atomic E-state index is 13.1. The van der Waals surface area contributed by atoms with Gasteiger partial charge in [-0.05, 0) is 0 Å². The van der Waals surface area contributed by atoms with E-state index in [-0.39, 0.29) is 11.8 Å². The molecule has 0 amide bonds. The molecule has 0 aliphatic heterocycles. The van der Waals surface area contributed by atoms with Gasteiger partial charge in [0, 0.05) is 0 Å². The molecule has 0 spiro atoms. The number of carbonyl (C=O) groups excluding carboxylic acids is 1. The Bertz CT molecular complexity index is 326. The van der Waals surface area contributed by atoms with Crippen LogP contribution in [0.15, 0.2) is 12.1 Å². The summed E-state index contributed by atoms with van der Waals surface area (Å²) in [7, 11) is 0. The van der Waals surface area contributed by atoms with Crippen molar-refractivity contribution in [2.75, 3.05) is 0 Å². The van der Waals surface area contributed by atoms with E-state index in [2.05, 4.69) is 2.81 Å². The predicted molar refractivity (Wildman–Crippen MR) is 48.4 cm³/mol. The van der Waals surface area contributed by atoms with Crippen molar-refractivity contribution in [1.29, 1.82) is 0 Å². The van der Waals surface area contributed by atoms with E-state index >= 15 is 0 Å². The van der Waals surface area contributed by atoms with Crippen molar-refractivity contribution in [1.82, 2.24) is 0 Å². The van der Waals surface area contributed by atoms with Gasteiger partial charge in [-0.25, -0.2) is 0 Å². The Morgan fingerprint density at radius 1 is 1.38 bits per heavy atom. The molecule has 13 heavy (non-hydrogen) atoms. The van der Waals surface area contributed by atoms with Gasteiger partial charge in [-0.2, -0.15) is 0 Å². The zero-order chi connectivity index (χ0) is 10.0. The van der Waals surface area contributed by atoms with Gasteiger partial charge in [-0.1, -0.05) is 0 Å². The predicted octanol–water partition coefficient (Wildman–Crippen LogP) is 1.42. The normalized spacial score (nSPS) is 9.85. The van der Waals surface area contributed by atoms with Crippen LogP contribution in [0.25, 0.3) is 0 Å². The summed E-state index contributed by atoms with van der Waals surface area (Å²) in [4.78, 5) is 11.1. The molecule has 0 aliphatic carbocycles. The van der Waals surface area contributed by atoms with Gasteiger partial charge in [-0.15, -0.1) is 0 Å². The van der Waals surface area contributed by atoms with Crippen LogP contribution in [0.1, 0.15) is 21.5 Å². The first-order valence-electron chi connectivity index (χ1n) is 3.71.